The second-order valence-corrected chi connectivity index (χ2v) is 16.6. The maximum absolute atomic E-state index is 12.5. The van der Waals surface area contributed by atoms with Crippen molar-refractivity contribution in [2.75, 3.05) is 32.8 Å². The molecule has 0 fully saturated rings. The van der Waals surface area contributed by atoms with Gasteiger partial charge in [-0.1, -0.05) is 38.1 Å². The van der Waals surface area contributed by atoms with Gasteiger partial charge in [0.05, 0.1) is 37.6 Å². The summed E-state index contributed by atoms with van der Waals surface area (Å²) in [5, 5.41) is 8.73. The van der Waals surface area contributed by atoms with Crippen molar-refractivity contribution in [3.8, 4) is 6.07 Å². The Morgan fingerprint density at radius 3 is 1.68 bits per heavy atom. The van der Waals surface area contributed by atoms with Crippen molar-refractivity contribution in [3.63, 3.8) is 0 Å². The summed E-state index contributed by atoms with van der Waals surface area (Å²) in [5.74, 6) is -0.0441. The van der Waals surface area contributed by atoms with Crippen molar-refractivity contribution in [2.24, 2.45) is 5.73 Å². The van der Waals surface area contributed by atoms with Crippen LogP contribution in [0.3, 0.4) is 0 Å². The second kappa shape index (κ2) is 15.3. The molecule has 4 heterocycles. The predicted molar refractivity (Wildman–Crippen MR) is 197 cm³/mol. The third-order valence-corrected chi connectivity index (χ3v) is 11.8. The molecular formula is C34H38N12O5S2. The fraction of sp³-hybridized carbons (Fsp3) is 0.294. The molecule has 276 valence electrons. The van der Waals surface area contributed by atoms with E-state index in [1.807, 2.05) is 19.9 Å². The molecule has 53 heavy (non-hydrogen) atoms. The van der Waals surface area contributed by atoms with Crippen LogP contribution in [-0.4, -0.2) is 57.6 Å². The van der Waals surface area contributed by atoms with Gasteiger partial charge in [-0.15, -0.1) is 0 Å². The van der Waals surface area contributed by atoms with Crippen molar-refractivity contribution in [2.45, 2.75) is 62.9 Å². The van der Waals surface area contributed by atoms with E-state index >= 15 is 0 Å². The van der Waals surface area contributed by atoms with E-state index in [-0.39, 0.29) is 77.0 Å². The van der Waals surface area contributed by atoms with Gasteiger partial charge >= 0.3 is 0 Å². The minimum atomic E-state index is -3.19. The number of hydrogen-bond donors (Lipinski definition) is 5. The molecule has 0 saturated heterocycles. The normalized spacial score (nSPS) is 15.4. The molecule has 2 aliphatic heterocycles. The monoisotopic (exact) mass is 758 g/mol. The topological polar surface area (TPSA) is 293 Å². The Hall–Kier alpha value is -6.00. The van der Waals surface area contributed by atoms with E-state index < -0.39 is 25.4 Å². The van der Waals surface area contributed by atoms with Crippen LogP contribution in [-0.2, 0) is 55.0 Å². The molecule has 2 unspecified atom stereocenters. The van der Waals surface area contributed by atoms with Gasteiger partial charge in [0.25, 0.3) is 0 Å². The van der Waals surface area contributed by atoms with Crippen LogP contribution in [0.25, 0.3) is 0 Å². The number of rotatable bonds is 11. The van der Waals surface area contributed by atoms with Crippen molar-refractivity contribution < 1.29 is 22.8 Å². The van der Waals surface area contributed by atoms with Crippen molar-refractivity contribution in [1.29, 1.82) is 14.8 Å². The number of fused-ring (bicyclic) bond motifs is 2. The number of nitriles is 1. The van der Waals surface area contributed by atoms with Crippen molar-refractivity contribution >= 4 is 60.5 Å². The number of primary amides is 1. The minimum absolute atomic E-state index is 0.0317. The molecule has 0 spiro atoms. The molecule has 8 N–H and O–H groups in total. The van der Waals surface area contributed by atoms with Crippen LogP contribution in [0.1, 0.15) is 64.9 Å². The molecule has 19 heteroatoms. The van der Waals surface area contributed by atoms with Gasteiger partial charge in [0.15, 0.2) is 0 Å². The number of hydrogen-bond acceptors (Lipinski definition) is 14. The lowest BCUT2D eigenvalue weighted by atomic mass is 10.1. The van der Waals surface area contributed by atoms with Crippen LogP contribution in [0, 0.1) is 20.9 Å². The molecule has 0 radical (unpaired) electrons. The predicted octanol–water partition coefficient (Wildman–Crippen LogP) is 2.90. The molecule has 0 bridgehead atoms. The molecule has 2 aromatic heterocycles. The summed E-state index contributed by atoms with van der Waals surface area (Å²) < 4.78 is 41.1. The lowest BCUT2D eigenvalue weighted by Crippen LogP contribution is -2.27. The number of benzene rings is 2. The molecule has 6 rings (SSSR count). The van der Waals surface area contributed by atoms with Gasteiger partial charge in [0.2, 0.25) is 28.0 Å². The summed E-state index contributed by atoms with van der Waals surface area (Å²) in [6.45, 7) is 4.00. The van der Waals surface area contributed by atoms with Gasteiger partial charge < -0.3 is 17.2 Å². The van der Waals surface area contributed by atoms with E-state index in [0.29, 0.717) is 46.5 Å². The molecule has 3 amide bonds. The lowest BCUT2D eigenvalue weighted by Gasteiger charge is -2.18. The van der Waals surface area contributed by atoms with Gasteiger partial charge in [0.1, 0.15) is 42.7 Å². The maximum Gasteiger partial charge on any atom is 0.248 e. The van der Waals surface area contributed by atoms with Gasteiger partial charge in [-0.25, -0.2) is 37.9 Å². The van der Waals surface area contributed by atoms with E-state index in [1.54, 1.807) is 42.5 Å². The number of amides is 3. The summed E-state index contributed by atoms with van der Waals surface area (Å²) in [5.41, 5.74) is 20.4. The zero-order valence-corrected chi connectivity index (χ0v) is 30.6. The molecule has 0 aliphatic carbocycles. The highest BCUT2D eigenvalue weighted by molar-refractivity contribution is 7.92. The summed E-state index contributed by atoms with van der Waals surface area (Å²) in [7, 11) is -6.35. The zero-order chi connectivity index (χ0) is 38.7. The number of nitrogens with zero attached hydrogens (tertiary/aromatic N) is 7. The summed E-state index contributed by atoms with van der Waals surface area (Å²) in [6, 6.07) is 15.6. The minimum Gasteiger partial charge on any atom is -0.383 e. The second-order valence-electron chi connectivity index (χ2n) is 12.3. The van der Waals surface area contributed by atoms with Crippen LogP contribution in [0.4, 0.5) is 23.3 Å². The Kier molecular flexibility index (Phi) is 11.0. The van der Waals surface area contributed by atoms with Gasteiger partial charge in [-0.2, -0.15) is 5.26 Å². The Bertz CT molecular complexity index is 2400. The van der Waals surface area contributed by atoms with Crippen LogP contribution < -0.4 is 27.0 Å². The largest absolute Gasteiger partial charge is 0.383 e. The average molecular weight is 759 g/mol. The maximum atomic E-state index is 12.5. The fourth-order valence-corrected chi connectivity index (χ4v) is 8.23. The number of nitrogens with two attached hydrogens (primary N) is 3. The molecule has 0 saturated carbocycles. The lowest BCUT2D eigenvalue weighted by molar-refractivity contribution is -0.118. The number of anilines is 4. The molecular weight excluding hydrogens is 721 g/mol. The quantitative estimate of drug-likeness (QED) is 0.138. The standard InChI is InChI=1S/C17H20N6O3S.C17H18N6O2S/c1-2-6-27(20,26)17-21-14(18)12-8-13(24)23(16(12)22-17)9-10-4-3-5-11(7-10)15(19)25;1-2-6-26(20,25)17-21-15(19)13-8-14(24)23(16(13)22-17)10-12-5-3-4-11(7-12)9-18/h3-5,7,20H,2,6,8-9H2,1H3,(H2,19,25)(H2,18,21,22);3-5,7,20H,2,6,8,10H2,1H3,(H2,19,21,22). The highest BCUT2D eigenvalue weighted by atomic mass is 32.2. The SMILES string of the molecule is CCCS(=N)(=O)c1nc(N)c2c(n1)N(Cc1cccc(C#N)c1)C(=O)C2.CCCS(=N)(=O)c1nc(N)c2c(n1)N(Cc1cccc(C(N)=O)c1)C(=O)C2. The summed E-state index contributed by atoms with van der Waals surface area (Å²) in [4.78, 5) is 55.7. The Morgan fingerprint density at radius 2 is 1.25 bits per heavy atom. The van der Waals surface area contributed by atoms with E-state index in [2.05, 4.69) is 26.0 Å². The molecule has 2 aliphatic rings. The Labute approximate surface area is 306 Å². The third-order valence-electron chi connectivity index (χ3n) is 8.28. The first-order valence-corrected chi connectivity index (χ1v) is 19.9. The van der Waals surface area contributed by atoms with Crippen LogP contribution >= 0.6 is 0 Å². The Morgan fingerprint density at radius 1 is 0.792 bits per heavy atom. The fourth-order valence-electron chi connectivity index (χ4n) is 5.76. The zero-order valence-electron chi connectivity index (χ0n) is 29.0. The molecule has 2 aromatic carbocycles. The van der Waals surface area contributed by atoms with Crippen LogP contribution in [0.2, 0.25) is 0 Å². The van der Waals surface area contributed by atoms with E-state index in [1.165, 1.54) is 9.80 Å². The van der Waals surface area contributed by atoms with Crippen molar-refractivity contribution in [3.05, 3.63) is 81.9 Å². The van der Waals surface area contributed by atoms with E-state index in [4.69, 9.17) is 32.0 Å². The van der Waals surface area contributed by atoms with Crippen molar-refractivity contribution in [1.82, 2.24) is 19.9 Å². The third kappa shape index (κ3) is 8.23. The summed E-state index contributed by atoms with van der Waals surface area (Å²) >= 11 is 0. The first-order valence-electron chi connectivity index (χ1n) is 16.4. The average Bonchev–Trinajstić information content (AvgIpc) is 3.60. The highest BCUT2D eigenvalue weighted by Crippen LogP contribution is 2.34. The molecule has 17 nitrogen and oxygen atoms in total. The number of aromatic nitrogens is 4. The van der Waals surface area contributed by atoms with Gasteiger partial charge in [-0.05, 0) is 48.2 Å². The summed E-state index contributed by atoms with van der Waals surface area (Å²) in [6.07, 6.45) is 1.17. The molecule has 4 aromatic rings. The van der Waals surface area contributed by atoms with Crippen LogP contribution in [0.15, 0.2) is 58.8 Å². The van der Waals surface area contributed by atoms with Gasteiger partial charge in [-0.3, -0.25) is 24.2 Å². The smallest absolute Gasteiger partial charge is 0.248 e. The number of carbonyl (C=O) groups is 3. The Balaban J connectivity index is 0.000000204. The van der Waals surface area contributed by atoms with E-state index in [0.717, 1.165) is 5.56 Å². The molecule has 2 atom stereocenters. The number of carbonyl (C=O) groups excluding carboxylic acids is 3. The van der Waals surface area contributed by atoms with Crippen LogP contribution in [0.5, 0.6) is 0 Å². The number of nitrogens with one attached hydrogen (secondary N) is 2. The van der Waals surface area contributed by atoms with Gasteiger partial charge in [0, 0.05) is 28.2 Å². The number of nitrogen functional groups attached to an aromatic ring is 2. The first kappa shape index (κ1) is 38.2. The highest BCUT2D eigenvalue weighted by Gasteiger charge is 2.34. The van der Waals surface area contributed by atoms with E-state index in [9.17, 15) is 22.8 Å². The first-order chi connectivity index (χ1) is 25.1.